The van der Waals surface area contributed by atoms with Crippen LogP contribution in [0.2, 0.25) is 0 Å². The molecule has 1 N–H and O–H groups in total. The molecule has 1 aromatic carbocycles. The normalized spacial score (nSPS) is 11.2. The van der Waals surface area contributed by atoms with E-state index in [9.17, 15) is 8.42 Å². The highest BCUT2D eigenvalue weighted by molar-refractivity contribution is 7.90. The molecule has 2 aromatic rings. The van der Waals surface area contributed by atoms with Crippen molar-refractivity contribution in [1.29, 1.82) is 0 Å². The van der Waals surface area contributed by atoms with Gasteiger partial charge in [0.2, 0.25) is 0 Å². The molecule has 0 aliphatic carbocycles. The molecule has 0 atom stereocenters. The van der Waals surface area contributed by atoms with Crippen molar-refractivity contribution in [3.63, 3.8) is 0 Å². The number of ether oxygens (including phenoxy) is 1. The van der Waals surface area contributed by atoms with Gasteiger partial charge in [0, 0.05) is 18.0 Å². The molecular formula is C13H16N2O4S. The average molecular weight is 296 g/mol. The molecule has 0 saturated carbocycles. The zero-order valence-corrected chi connectivity index (χ0v) is 11.9. The van der Waals surface area contributed by atoms with Crippen molar-refractivity contribution in [1.82, 2.24) is 4.98 Å². The average Bonchev–Trinajstić information content (AvgIpc) is 2.88. The van der Waals surface area contributed by atoms with Gasteiger partial charge in [-0.2, -0.15) is 0 Å². The predicted octanol–water partition coefficient (Wildman–Crippen LogP) is 1.71. The number of aromatic nitrogens is 1. The molecule has 0 fully saturated rings. The molecule has 108 valence electrons. The summed E-state index contributed by atoms with van der Waals surface area (Å²) in [5.74, 6) is 0.627. The van der Waals surface area contributed by atoms with Crippen molar-refractivity contribution < 1.29 is 17.6 Å². The Kier molecular flexibility index (Phi) is 4.62. The summed E-state index contributed by atoms with van der Waals surface area (Å²) in [7, 11) is -3.00. The number of rotatable bonds is 7. The van der Waals surface area contributed by atoms with E-state index in [1.807, 2.05) is 18.2 Å². The van der Waals surface area contributed by atoms with Crippen LogP contribution < -0.4 is 10.1 Å². The first-order valence-corrected chi connectivity index (χ1v) is 8.10. The zero-order chi connectivity index (χ0) is 14.4. The first-order valence-electron chi connectivity index (χ1n) is 6.04. The van der Waals surface area contributed by atoms with E-state index in [4.69, 9.17) is 9.15 Å². The molecule has 0 radical (unpaired) electrons. The van der Waals surface area contributed by atoms with Crippen molar-refractivity contribution in [2.24, 2.45) is 0 Å². The highest BCUT2D eigenvalue weighted by Crippen LogP contribution is 2.17. The third-order valence-corrected chi connectivity index (χ3v) is 3.42. The molecule has 1 heterocycles. The number of anilines is 1. The van der Waals surface area contributed by atoms with E-state index in [2.05, 4.69) is 10.3 Å². The molecule has 0 spiro atoms. The van der Waals surface area contributed by atoms with Crippen LogP contribution in [0.15, 0.2) is 41.3 Å². The maximum atomic E-state index is 11.0. The van der Waals surface area contributed by atoms with Crippen LogP contribution in [-0.4, -0.2) is 32.0 Å². The number of nitrogens with one attached hydrogen (secondary N) is 1. The minimum Gasteiger partial charge on any atom is -0.492 e. The van der Waals surface area contributed by atoms with Crippen LogP contribution in [0, 0.1) is 0 Å². The second-order valence-electron chi connectivity index (χ2n) is 4.34. The summed E-state index contributed by atoms with van der Waals surface area (Å²) >= 11 is 0. The quantitative estimate of drug-likeness (QED) is 0.837. The lowest BCUT2D eigenvalue weighted by molar-refractivity contribution is 0.341. The molecule has 0 saturated heterocycles. The Morgan fingerprint density at radius 1 is 1.40 bits per heavy atom. The van der Waals surface area contributed by atoms with Gasteiger partial charge in [-0.1, -0.05) is 6.07 Å². The van der Waals surface area contributed by atoms with Gasteiger partial charge in [-0.15, -0.1) is 0 Å². The molecule has 1 aromatic heterocycles. The summed E-state index contributed by atoms with van der Waals surface area (Å²) in [6, 6.07) is 7.32. The summed E-state index contributed by atoms with van der Waals surface area (Å²) in [5, 5.41) is 3.17. The summed E-state index contributed by atoms with van der Waals surface area (Å²) in [6.45, 7) is 0.689. The van der Waals surface area contributed by atoms with Crippen LogP contribution in [0.4, 0.5) is 5.69 Å². The highest BCUT2D eigenvalue weighted by Gasteiger charge is 2.03. The van der Waals surface area contributed by atoms with Crippen LogP contribution in [0.1, 0.15) is 5.69 Å². The van der Waals surface area contributed by atoms with Crippen LogP contribution in [0.3, 0.4) is 0 Å². The van der Waals surface area contributed by atoms with Crippen LogP contribution >= 0.6 is 0 Å². The Morgan fingerprint density at radius 2 is 2.25 bits per heavy atom. The second-order valence-corrected chi connectivity index (χ2v) is 6.60. The summed E-state index contributed by atoms with van der Waals surface area (Å²) in [6.07, 6.45) is 4.13. The lowest BCUT2D eigenvalue weighted by Crippen LogP contribution is -2.12. The summed E-state index contributed by atoms with van der Waals surface area (Å²) in [5.41, 5.74) is 1.67. The largest absolute Gasteiger partial charge is 0.492 e. The Balaban J connectivity index is 1.87. The van der Waals surface area contributed by atoms with Gasteiger partial charge < -0.3 is 14.5 Å². The van der Waals surface area contributed by atoms with Gasteiger partial charge in [-0.05, 0) is 12.1 Å². The van der Waals surface area contributed by atoms with Crippen molar-refractivity contribution >= 4 is 15.5 Å². The van der Waals surface area contributed by atoms with E-state index >= 15 is 0 Å². The minimum absolute atomic E-state index is 0.00357. The fourth-order valence-electron chi connectivity index (χ4n) is 1.52. The van der Waals surface area contributed by atoms with Gasteiger partial charge in [-0.3, -0.25) is 0 Å². The molecular weight excluding hydrogens is 280 g/mol. The molecule has 20 heavy (non-hydrogen) atoms. The second kappa shape index (κ2) is 6.42. The van der Waals surface area contributed by atoms with E-state index in [1.165, 1.54) is 12.6 Å². The Morgan fingerprint density at radius 3 is 2.95 bits per heavy atom. The molecule has 0 bridgehead atoms. The van der Waals surface area contributed by atoms with Gasteiger partial charge in [-0.25, -0.2) is 13.4 Å². The lowest BCUT2D eigenvalue weighted by Gasteiger charge is -2.08. The number of sulfone groups is 1. The van der Waals surface area contributed by atoms with E-state index in [0.29, 0.717) is 12.3 Å². The number of oxazole rings is 1. The van der Waals surface area contributed by atoms with Crippen molar-refractivity contribution in [3.05, 3.63) is 42.6 Å². The standard InChI is InChI=1S/C13H16N2O4S/c1-20(16,17)6-5-19-13-4-2-3-11(7-13)14-8-12-9-18-10-15-12/h2-4,7,9-10,14H,5-6,8H2,1H3. The monoisotopic (exact) mass is 296 g/mol. The van der Waals surface area contributed by atoms with E-state index in [-0.39, 0.29) is 12.4 Å². The first kappa shape index (κ1) is 14.4. The molecule has 6 nitrogen and oxygen atoms in total. The summed E-state index contributed by atoms with van der Waals surface area (Å²) < 4.78 is 32.3. The first-order chi connectivity index (χ1) is 9.53. The number of hydrogen-bond donors (Lipinski definition) is 1. The number of hydrogen-bond acceptors (Lipinski definition) is 6. The molecule has 7 heteroatoms. The van der Waals surface area contributed by atoms with Gasteiger partial charge in [0.05, 0.1) is 18.0 Å². The van der Waals surface area contributed by atoms with Crippen LogP contribution in [-0.2, 0) is 16.4 Å². The van der Waals surface area contributed by atoms with Crippen LogP contribution in [0.25, 0.3) is 0 Å². The summed E-state index contributed by atoms with van der Waals surface area (Å²) in [4.78, 5) is 4.00. The Bertz CT molecular complexity index is 638. The maximum absolute atomic E-state index is 11.0. The van der Waals surface area contributed by atoms with Crippen molar-refractivity contribution in [2.75, 3.05) is 23.9 Å². The molecule has 0 aliphatic heterocycles. The third kappa shape index (κ3) is 4.93. The van der Waals surface area contributed by atoms with E-state index in [0.717, 1.165) is 11.4 Å². The minimum atomic E-state index is -3.00. The number of benzene rings is 1. The zero-order valence-electron chi connectivity index (χ0n) is 11.1. The topological polar surface area (TPSA) is 81.4 Å². The fraction of sp³-hybridized carbons (Fsp3) is 0.308. The van der Waals surface area contributed by atoms with Gasteiger partial charge in [0.25, 0.3) is 0 Å². The van der Waals surface area contributed by atoms with Crippen LogP contribution in [0.5, 0.6) is 5.75 Å². The smallest absolute Gasteiger partial charge is 0.180 e. The molecule has 2 rings (SSSR count). The highest BCUT2D eigenvalue weighted by atomic mass is 32.2. The predicted molar refractivity (Wildman–Crippen MR) is 75.5 cm³/mol. The lowest BCUT2D eigenvalue weighted by atomic mass is 10.3. The molecule has 0 aliphatic rings. The van der Waals surface area contributed by atoms with Gasteiger partial charge >= 0.3 is 0 Å². The van der Waals surface area contributed by atoms with Gasteiger partial charge in [0.15, 0.2) is 16.2 Å². The van der Waals surface area contributed by atoms with Crippen molar-refractivity contribution in [2.45, 2.75) is 6.54 Å². The van der Waals surface area contributed by atoms with Gasteiger partial charge in [0.1, 0.15) is 18.6 Å². The fourth-order valence-corrected chi connectivity index (χ4v) is 1.91. The SMILES string of the molecule is CS(=O)(=O)CCOc1cccc(NCc2cocn2)c1. The Labute approximate surface area is 117 Å². The van der Waals surface area contributed by atoms with Crippen molar-refractivity contribution in [3.8, 4) is 5.75 Å². The Hall–Kier alpha value is -2.02. The maximum Gasteiger partial charge on any atom is 0.180 e. The molecule has 0 amide bonds. The molecule has 0 unspecified atom stereocenters. The van der Waals surface area contributed by atoms with E-state index in [1.54, 1.807) is 12.3 Å². The van der Waals surface area contributed by atoms with E-state index < -0.39 is 9.84 Å². The number of nitrogens with zero attached hydrogens (tertiary/aromatic N) is 1. The third-order valence-electron chi connectivity index (χ3n) is 2.51.